The molecule has 422 valence electrons. The second-order valence-corrected chi connectivity index (χ2v) is 22.4. The minimum atomic E-state index is -0.761. The smallest absolute Gasteiger partial charge is 0.306 e. The van der Waals surface area contributed by atoms with Crippen molar-refractivity contribution in [3.05, 3.63) is 0 Å². The van der Waals surface area contributed by atoms with E-state index in [2.05, 4.69) is 20.8 Å². The molecule has 71 heavy (non-hydrogen) atoms. The highest BCUT2D eigenvalue weighted by molar-refractivity contribution is 5.71. The Bertz CT molecular complexity index is 1060. The van der Waals surface area contributed by atoms with Gasteiger partial charge in [0.25, 0.3) is 0 Å². The third-order valence-electron chi connectivity index (χ3n) is 15.1. The number of rotatable bonds is 61. The Labute approximate surface area is 444 Å². The minimum Gasteiger partial charge on any atom is -0.462 e. The molecule has 0 radical (unpaired) electrons. The van der Waals surface area contributed by atoms with Gasteiger partial charge in [0.05, 0.1) is 0 Å². The van der Waals surface area contributed by atoms with E-state index in [4.69, 9.17) is 14.2 Å². The number of ether oxygens (including phenoxy) is 3. The lowest BCUT2D eigenvalue weighted by Gasteiger charge is -2.18. The van der Waals surface area contributed by atoms with Crippen molar-refractivity contribution >= 4 is 17.9 Å². The fourth-order valence-corrected chi connectivity index (χ4v) is 10.2. The van der Waals surface area contributed by atoms with Crippen molar-refractivity contribution in [2.24, 2.45) is 0 Å². The molecule has 0 bridgehead atoms. The van der Waals surface area contributed by atoms with E-state index in [1.807, 2.05) is 0 Å². The van der Waals surface area contributed by atoms with E-state index in [-0.39, 0.29) is 31.1 Å². The normalized spacial score (nSPS) is 11.9. The van der Waals surface area contributed by atoms with Crippen LogP contribution < -0.4 is 0 Å². The van der Waals surface area contributed by atoms with E-state index in [1.165, 1.54) is 283 Å². The van der Waals surface area contributed by atoms with Gasteiger partial charge in [-0.2, -0.15) is 0 Å². The lowest BCUT2D eigenvalue weighted by Crippen LogP contribution is -2.30. The first-order chi connectivity index (χ1) is 35.0. The first-order valence-electron chi connectivity index (χ1n) is 32.5. The Kier molecular flexibility index (Phi) is 59.6. The third-order valence-corrected chi connectivity index (χ3v) is 15.1. The number of esters is 3. The molecule has 0 saturated heterocycles. The fourth-order valence-electron chi connectivity index (χ4n) is 10.2. The van der Waals surface area contributed by atoms with Crippen LogP contribution in [0.5, 0.6) is 0 Å². The topological polar surface area (TPSA) is 78.9 Å². The molecule has 6 nitrogen and oxygen atoms in total. The Balaban J connectivity index is 4.10. The first-order valence-corrected chi connectivity index (χ1v) is 32.5. The van der Waals surface area contributed by atoms with E-state index in [1.54, 1.807) is 0 Å². The minimum absolute atomic E-state index is 0.0610. The Morgan fingerprint density at radius 1 is 0.225 bits per heavy atom. The monoisotopic (exact) mass is 1000 g/mol. The van der Waals surface area contributed by atoms with E-state index in [0.29, 0.717) is 19.3 Å². The van der Waals surface area contributed by atoms with Crippen molar-refractivity contribution in [1.29, 1.82) is 0 Å². The molecule has 0 saturated carbocycles. The van der Waals surface area contributed by atoms with Crippen LogP contribution in [0.3, 0.4) is 0 Å². The molecule has 0 rings (SSSR count). The number of hydrogen-bond acceptors (Lipinski definition) is 6. The summed E-state index contributed by atoms with van der Waals surface area (Å²) in [5.41, 5.74) is 0. The maximum absolute atomic E-state index is 12.9. The molecule has 0 aliphatic carbocycles. The van der Waals surface area contributed by atoms with Crippen molar-refractivity contribution in [3.63, 3.8) is 0 Å². The van der Waals surface area contributed by atoms with Crippen molar-refractivity contribution in [2.45, 2.75) is 386 Å². The molecule has 0 aromatic carbocycles. The molecule has 0 amide bonds. The zero-order valence-corrected chi connectivity index (χ0v) is 48.5. The van der Waals surface area contributed by atoms with Gasteiger partial charge in [-0.3, -0.25) is 14.4 Å². The van der Waals surface area contributed by atoms with Crippen molar-refractivity contribution in [3.8, 4) is 0 Å². The molecule has 0 aliphatic heterocycles. The van der Waals surface area contributed by atoms with E-state index >= 15 is 0 Å². The average Bonchev–Trinajstić information content (AvgIpc) is 3.37. The maximum Gasteiger partial charge on any atom is 0.306 e. The molecule has 0 fully saturated rings. The van der Waals surface area contributed by atoms with Crippen LogP contribution in [0.25, 0.3) is 0 Å². The van der Waals surface area contributed by atoms with E-state index in [9.17, 15) is 14.4 Å². The largest absolute Gasteiger partial charge is 0.462 e. The molecule has 0 aromatic heterocycles. The lowest BCUT2D eigenvalue weighted by molar-refractivity contribution is -0.167. The highest BCUT2D eigenvalue weighted by atomic mass is 16.6. The standard InChI is InChI=1S/C65H126O6/c1-4-7-10-13-16-19-21-23-25-27-29-30-31-32-33-34-36-37-39-41-43-46-49-52-55-58-64(67)70-61-62(60-69-63(66)57-54-51-48-45-18-15-12-9-6-3)71-65(68)59-56-53-50-47-44-42-40-38-35-28-26-24-22-20-17-14-11-8-5-2/h62H,4-61H2,1-3H3. The van der Waals surface area contributed by atoms with E-state index in [0.717, 1.165) is 57.8 Å². The average molecular weight is 1000 g/mol. The fraction of sp³-hybridized carbons (Fsp3) is 0.954. The summed E-state index contributed by atoms with van der Waals surface area (Å²) in [6.45, 7) is 6.71. The summed E-state index contributed by atoms with van der Waals surface area (Å²) in [7, 11) is 0. The van der Waals surface area contributed by atoms with Gasteiger partial charge in [0.15, 0.2) is 6.10 Å². The molecule has 0 aromatic rings. The molecular weight excluding hydrogens is 877 g/mol. The molecule has 6 heteroatoms. The van der Waals surface area contributed by atoms with Gasteiger partial charge in [-0.1, -0.05) is 342 Å². The summed E-state index contributed by atoms with van der Waals surface area (Å²) in [5, 5.41) is 0. The summed E-state index contributed by atoms with van der Waals surface area (Å²) in [4.78, 5) is 38.2. The van der Waals surface area contributed by atoms with Crippen LogP contribution in [0, 0.1) is 0 Å². The molecular formula is C65H126O6. The molecule has 0 aliphatic rings. The van der Waals surface area contributed by atoms with E-state index < -0.39 is 6.10 Å². The summed E-state index contributed by atoms with van der Waals surface area (Å²) >= 11 is 0. The Morgan fingerprint density at radius 2 is 0.380 bits per heavy atom. The first kappa shape index (κ1) is 69.4. The van der Waals surface area contributed by atoms with Gasteiger partial charge in [0, 0.05) is 19.3 Å². The Hall–Kier alpha value is -1.59. The number of carbonyl (C=O) groups is 3. The van der Waals surface area contributed by atoms with Crippen LogP contribution in [0.15, 0.2) is 0 Å². The van der Waals surface area contributed by atoms with Crippen LogP contribution in [-0.2, 0) is 28.6 Å². The maximum atomic E-state index is 12.9. The van der Waals surface area contributed by atoms with Gasteiger partial charge in [0.1, 0.15) is 13.2 Å². The van der Waals surface area contributed by atoms with Crippen LogP contribution >= 0.6 is 0 Å². The van der Waals surface area contributed by atoms with Gasteiger partial charge < -0.3 is 14.2 Å². The number of carbonyl (C=O) groups excluding carboxylic acids is 3. The van der Waals surface area contributed by atoms with Gasteiger partial charge in [-0.15, -0.1) is 0 Å². The van der Waals surface area contributed by atoms with Crippen molar-refractivity contribution < 1.29 is 28.6 Å². The van der Waals surface area contributed by atoms with Crippen LogP contribution in [0.4, 0.5) is 0 Å². The number of hydrogen-bond donors (Lipinski definition) is 0. The van der Waals surface area contributed by atoms with Gasteiger partial charge in [-0.05, 0) is 19.3 Å². The zero-order valence-electron chi connectivity index (χ0n) is 48.5. The van der Waals surface area contributed by atoms with Gasteiger partial charge in [0.2, 0.25) is 0 Å². The van der Waals surface area contributed by atoms with Crippen molar-refractivity contribution in [2.75, 3.05) is 13.2 Å². The lowest BCUT2D eigenvalue weighted by atomic mass is 10.0. The number of unbranched alkanes of at least 4 members (excludes halogenated alkanes) is 50. The second-order valence-electron chi connectivity index (χ2n) is 22.4. The van der Waals surface area contributed by atoms with Gasteiger partial charge in [-0.25, -0.2) is 0 Å². The zero-order chi connectivity index (χ0) is 51.4. The molecule has 0 heterocycles. The Morgan fingerprint density at radius 3 is 0.563 bits per heavy atom. The molecule has 0 spiro atoms. The molecule has 1 unspecified atom stereocenters. The summed E-state index contributed by atoms with van der Waals surface area (Å²) in [6.07, 6.45) is 69.9. The quantitative estimate of drug-likeness (QED) is 0.0343. The predicted octanol–water partition coefficient (Wildman–Crippen LogP) is 21.9. The second kappa shape index (κ2) is 61.0. The predicted molar refractivity (Wildman–Crippen MR) is 307 cm³/mol. The van der Waals surface area contributed by atoms with Crippen LogP contribution in [-0.4, -0.2) is 37.2 Å². The summed E-state index contributed by atoms with van der Waals surface area (Å²) < 4.78 is 16.9. The highest BCUT2D eigenvalue weighted by Gasteiger charge is 2.19. The SMILES string of the molecule is CCCCCCCCCCCCCCCCCCCCCCCCCCCC(=O)OCC(COC(=O)CCCCCCCCCCC)OC(=O)CCCCCCCCCCCCCCCCCCCCC. The summed E-state index contributed by atoms with van der Waals surface area (Å²) in [6, 6.07) is 0. The van der Waals surface area contributed by atoms with Crippen molar-refractivity contribution in [1.82, 2.24) is 0 Å². The van der Waals surface area contributed by atoms with Gasteiger partial charge >= 0.3 is 17.9 Å². The van der Waals surface area contributed by atoms with Crippen LogP contribution in [0.2, 0.25) is 0 Å². The third kappa shape index (κ3) is 59.2. The molecule has 1 atom stereocenters. The summed E-state index contributed by atoms with van der Waals surface area (Å²) in [5.74, 6) is -0.831. The molecule has 0 N–H and O–H groups in total. The van der Waals surface area contributed by atoms with Crippen LogP contribution in [0.1, 0.15) is 380 Å². The highest BCUT2D eigenvalue weighted by Crippen LogP contribution is 2.19.